The molecule has 0 bridgehead atoms. The number of carbonyl (C=O) groups is 2. The molecule has 1 atom stereocenters. The van der Waals surface area contributed by atoms with Crippen molar-refractivity contribution >= 4 is 11.9 Å². The minimum atomic E-state index is -0.709. The monoisotopic (exact) mass is 359 g/mol. The quantitative estimate of drug-likeness (QED) is 0.753. The molecule has 8 heteroatoms. The predicted octanol–water partition coefficient (Wildman–Crippen LogP) is 1.84. The molecule has 1 N–H and O–H groups in total. The van der Waals surface area contributed by atoms with Gasteiger partial charge >= 0.3 is 5.97 Å². The Kier molecular flexibility index (Phi) is 6.48. The number of aromatic nitrogens is 2. The zero-order valence-corrected chi connectivity index (χ0v) is 15.1. The van der Waals surface area contributed by atoms with Crippen LogP contribution in [0.2, 0.25) is 0 Å². The summed E-state index contributed by atoms with van der Waals surface area (Å²) in [6.07, 6.45) is 2.76. The first-order chi connectivity index (χ1) is 12.4. The number of nitrogens with zero attached hydrogens (tertiary/aromatic N) is 2. The summed E-state index contributed by atoms with van der Waals surface area (Å²) < 4.78 is 15.5. The Morgan fingerprint density at radius 1 is 1.15 bits per heavy atom. The molecule has 0 radical (unpaired) electrons. The van der Waals surface area contributed by atoms with Crippen LogP contribution in [0.25, 0.3) is 0 Å². The number of hydrogen-bond acceptors (Lipinski definition) is 7. The van der Waals surface area contributed by atoms with E-state index in [2.05, 4.69) is 15.3 Å². The molecule has 1 aromatic heterocycles. The molecule has 0 aliphatic heterocycles. The molecular weight excluding hydrogens is 338 g/mol. The predicted molar refractivity (Wildman–Crippen MR) is 93.2 cm³/mol. The second-order valence-electron chi connectivity index (χ2n) is 5.52. The summed E-state index contributed by atoms with van der Waals surface area (Å²) >= 11 is 0. The minimum absolute atomic E-state index is 0.0471. The van der Waals surface area contributed by atoms with Crippen LogP contribution in [0.4, 0.5) is 0 Å². The van der Waals surface area contributed by atoms with Crippen molar-refractivity contribution in [2.45, 2.75) is 19.9 Å². The maximum Gasteiger partial charge on any atom is 0.359 e. The van der Waals surface area contributed by atoms with Crippen LogP contribution >= 0.6 is 0 Å². The molecule has 0 saturated carbocycles. The van der Waals surface area contributed by atoms with Crippen molar-refractivity contribution in [3.8, 4) is 11.5 Å². The summed E-state index contributed by atoms with van der Waals surface area (Å²) in [6.45, 7) is 3.12. The van der Waals surface area contributed by atoms with Crippen LogP contribution in [0.15, 0.2) is 30.6 Å². The van der Waals surface area contributed by atoms with Gasteiger partial charge in [0.2, 0.25) is 0 Å². The van der Waals surface area contributed by atoms with Gasteiger partial charge in [-0.15, -0.1) is 0 Å². The molecule has 0 aliphatic rings. The summed E-state index contributed by atoms with van der Waals surface area (Å²) in [5.41, 5.74) is 1.47. The zero-order valence-electron chi connectivity index (χ0n) is 15.1. The van der Waals surface area contributed by atoms with E-state index >= 15 is 0 Å². The number of esters is 1. The highest BCUT2D eigenvalue weighted by atomic mass is 16.5. The number of hydrogen-bond donors (Lipinski definition) is 1. The summed E-state index contributed by atoms with van der Waals surface area (Å²) in [4.78, 5) is 31.8. The molecule has 138 valence electrons. The Bertz CT molecular complexity index is 777. The van der Waals surface area contributed by atoms with E-state index in [-0.39, 0.29) is 11.7 Å². The third-order valence-corrected chi connectivity index (χ3v) is 3.61. The van der Waals surface area contributed by atoms with Crippen LogP contribution in [0, 0.1) is 6.92 Å². The van der Waals surface area contributed by atoms with Gasteiger partial charge in [-0.05, 0) is 32.0 Å². The molecule has 0 fully saturated rings. The van der Waals surface area contributed by atoms with Crippen molar-refractivity contribution in [1.29, 1.82) is 0 Å². The number of benzene rings is 1. The van der Waals surface area contributed by atoms with Crippen molar-refractivity contribution in [1.82, 2.24) is 15.3 Å². The van der Waals surface area contributed by atoms with E-state index < -0.39 is 18.5 Å². The van der Waals surface area contributed by atoms with Gasteiger partial charge in [0, 0.05) is 11.8 Å². The van der Waals surface area contributed by atoms with Crippen LogP contribution < -0.4 is 14.8 Å². The van der Waals surface area contributed by atoms with Gasteiger partial charge in [0.25, 0.3) is 5.91 Å². The fourth-order valence-electron chi connectivity index (χ4n) is 2.24. The van der Waals surface area contributed by atoms with Crippen LogP contribution in [0.3, 0.4) is 0 Å². The number of rotatable bonds is 7. The fourth-order valence-corrected chi connectivity index (χ4v) is 2.24. The van der Waals surface area contributed by atoms with Crippen LogP contribution in [0.5, 0.6) is 11.5 Å². The maximum absolute atomic E-state index is 12.1. The summed E-state index contributed by atoms with van der Waals surface area (Å²) in [5.74, 6) is 0.104. The first-order valence-corrected chi connectivity index (χ1v) is 7.91. The van der Waals surface area contributed by atoms with E-state index in [1.54, 1.807) is 46.3 Å². The maximum atomic E-state index is 12.1. The van der Waals surface area contributed by atoms with Crippen molar-refractivity contribution in [2.24, 2.45) is 0 Å². The number of aryl methyl sites for hydroxylation is 1. The topological polar surface area (TPSA) is 99.6 Å². The molecule has 8 nitrogen and oxygen atoms in total. The second kappa shape index (κ2) is 8.80. The van der Waals surface area contributed by atoms with Crippen molar-refractivity contribution in [2.75, 3.05) is 20.8 Å². The normalized spacial score (nSPS) is 11.4. The van der Waals surface area contributed by atoms with Gasteiger partial charge < -0.3 is 19.5 Å². The van der Waals surface area contributed by atoms with E-state index in [1.807, 2.05) is 0 Å². The molecule has 0 aliphatic carbocycles. The molecule has 2 aromatic rings. The zero-order chi connectivity index (χ0) is 19.1. The Balaban J connectivity index is 1.95. The number of amides is 1. The van der Waals surface area contributed by atoms with Gasteiger partial charge in [-0.3, -0.25) is 9.78 Å². The SMILES string of the molecule is COc1ccc(OC)c([C@@H](C)NC(=O)COC(=O)c2cnc(C)cn2)c1. The van der Waals surface area contributed by atoms with Crippen molar-refractivity contribution in [3.05, 3.63) is 47.5 Å². The highest BCUT2D eigenvalue weighted by Gasteiger charge is 2.17. The molecule has 0 spiro atoms. The summed E-state index contributed by atoms with van der Waals surface area (Å²) in [6, 6.07) is 4.93. The summed E-state index contributed by atoms with van der Waals surface area (Å²) in [5, 5.41) is 2.75. The number of ether oxygens (including phenoxy) is 3. The highest BCUT2D eigenvalue weighted by Crippen LogP contribution is 2.29. The lowest BCUT2D eigenvalue weighted by atomic mass is 10.1. The number of nitrogens with one attached hydrogen (secondary N) is 1. The lowest BCUT2D eigenvalue weighted by molar-refractivity contribution is -0.124. The van der Waals surface area contributed by atoms with Gasteiger partial charge in [-0.25, -0.2) is 9.78 Å². The lowest BCUT2D eigenvalue weighted by Crippen LogP contribution is -2.31. The van der Waals surface area contributed by atoms with Gasteiger partial charge in [-0.2, -0.15) is 0 Å². The van der Waals surface area contributed by atoms with E-state index in [0.717, 1.165) is 5.56 Å². The number of carbonyl (C=O) groups excluding carboxylic acids is 2. The molecule has 26 heavy (non-hydrogen) atoms. The van der Waals surface area contributed by atoms with Gasteiger partial charge in [0.15, 0.2) is 12.3 Å². The van der Waals surface area contributed by atoms with Crippen LogP contribution in [0.1, 0.15) is 34.7 Å². The first-order valence-electron chi connectivity index (χ1n) is 7.91. The van der Waals surface area contributed by atoms with E-state index in [9.17, 15) is 9.59 Å². The van der Waals surface area contributed by atoms with E-state index in [0.29, 0.717) is 17.2 Å². The molecule has 1 amide bonds. The fraction of sp³-hybridized carbons (Fsp3) is 0.333. The Hall–Kier alpha value is -3.16. The standard InChI is InChI=1S/C18H21N3O5/c1-11-8-20-15(9-19-11)18(23)26-10-17(22)21-12(2)14-7-13(24-3)5-6-16(14)25-4/h5-9,12H,10H2,1-4H3,(H,21,22)/t12-/m1/s1. The van der Waals surface area contributed by atoms with E-state index in [4.69, 9.17) is 14.2 Å². The molecule has 1 heterocycles. The number of methoxy groups -OCH3 is 2. The largest absolute Gasteiger partial charge is 0.497 e. The van der Waals surface area contributed by atoms with Gasteiger partial charge in [-0.1, -0.05) is 0 Å². The molecular formula is C18H21N3O5. The highest BCUT2D eigenvalue weighted by molar-refractivity contribution is 5.89. The molecule has 0 saturated heterocycles. The molecule has 1 aromatic carbocycles. The van der Waals surface area contributed by atoms with E-state index in [1.165, 1.54) is 12.4 Å². The van der Waals surface area contributed by atoms with Gasteiger partial charge in [0.05, 0.1) is 32.2 Å². The first kappa shape index (κ1) is 19.2. The van der Waals surface area contributed by atoms with Crippen LogP contribution in [-0.2, 0) is 9.53 Å². The third kappa shape index (κ3) is 4.92. The van der Waals surface area contributed by atoms with Crippen molar-refractivity contribution < 1.29 is 23.8 Å². The summed E-state index contributed by atoms with van der Waals surface area (Å²) in [7, 11) is 3.10. The Labute approximate surface area is 151 Å². The Morgan fingerprint density at radius 2 is 1.92 bits per heavy atom. The lowest BCUT2D eigenvalue weighted by Gasteiger charge is -2.18. The molecule has 0 unspecified atom stereocenters. The van der Waals surface area contributed by atoms with Gasteiger partial charge in [0.1, 0.15) is 11.5 Å². The Morgan fingerprint density at radius 3 is 2.54 bits per heavy atom. The second-order valence-corrected chi connectivity index (χ2v) is 5.52. The smallest absolute Gasteiger partial charge is 0.359 e. The van der Waals surface area contributed by atoms with Crippen molar-refractivity contribution in [3.63, 3.8) is 0 Å². The third-order valence-electron chi connectivity index (χ3n) is 3.61. The average molecular weight is 359 g/mol. The average Bonchev–Trinajstić information content (AvgIpc) is 2.66. The molecule has 2 rings (SSSR count). The minimum Gasteiger partial charge on any atom is -0.497 e. The van der Waals surface area contributed by atoms with Crippen LogP contribution in [-0.4, -0.2) is 42.7 Å².